The number of nitriles is 1. The summed E-state index contributed by atoms with van der Waals surface area (Å²) in [6.07, 6.45) is 4.96. The van der Waals surface area contributed by atoms with E-state index in [0.29, 0.717) is 5.75 Å². The second-order valence-electron chi connectivity index (χ2n) is 3.10. The molecule has 2 rings (SSSR count). The van der Waals surface area contributed by atoms with E-state index in [0.717, 1.165) is 4.90 Å². The van der Waals surface area contributed by atoms with Gasteiger partial charge in [0, 0.05) is 17.3 Å². The third-order valence-electron chi connectivity index (χ3n) is 2.04. The first kappa shape index (κ1) is 11.4. The fourth-order valence-corrected chi connectivity index (χ4v) is 1.64. The maximum absolute atomic E-state index is 8.84. The van der Waals surface area contributed by atoms with Crippen molar-refractivity contribution in [1.82, 2.24) is 9.97 Å². The van der Waals surface area contributed by atoms with Gasteiger partial charge in [0.1, 0.15) is 11.8 Å². The summed E-state index contributed by atoms with van der Waals surface area (Å²) in [6, 6.07) is 9.50. The Bertz CT molecular complexity index is 548. The summed E-state index contributed by atoms with van der Waals surface area (Å²) in [5, 5.41) is 8.84. The molecular weight excluding hydrogens is 234 g/mol. The van der Waals surface area contributed by atoms with Gasteiger partial charge in [0.25, 0.3) is 5.88 Å². The molecule has 0 aliphatic rings. The topological polar surface area (TPSA) is 58.8 Å². The van der Waals surface area contributed by atoms with Crippen LogP contribution in [-0.4, -0.2) is 16.2 Å². The molecule has 0 saturated carbocycles. The molecule has 0 N–H and O–H groups in total. The average molecular weight is 243 g/mol. The van der Waals surface area contributed by atoms with Crippen molar-refractivity contribution in [3.05, 3.63) is 42.4 Å². The predicted molar refractivity (Wildman–Crippen MR) is 65.0 cm³/mol. The Hall–Kier alpha value is -2.06. The SMILES string of the molecule is CSc1ccc(Oc2nccnc2C#N)cc1. The standard InChI is InChI=1S/C12H9N3OS/c1-17-10-4-2-9(3-5-10)16-12-11(8-13)14-6-7-15-12/h2-7H,1H3. The van der Waals surface area contributed by atoms with Crippen LogP contribution in [0.5, 0.6) is 11.6 Å². The van der Waals surface area contributed by atoms with Crippen LogP contribution in [0.3, 0.4) is 0 Å². The number of hydrogen-bond donors (Lipinski definition) is 0. The van der Waals surface area contributed by atoms with Crippen molar-refractivity contribution >= 4 is 11.8 Å². The number of benzene rings is 1. The van der Waals surface area contributed by atoms with Gasteiger partial charge in [-0.1, -0.05) is 0 Å². The number of thioether (sulfide) groups is 1. The molecule has 0 spiro atoms. The van der Waals surface area contributed by atoms with Gasteiger partial charge in [-0.3, -0.25) is 0 Å². The minimum atomic E-state index is 0.182. The van der Waals surface area contributed by atoms with Gasteiger partial charge < -0.3 is 4.74 Å². The molecule has 0 atom stereocenters. The molecule has 1 aromatic heterocycles. The second-order valence-corrected chi connectivity index (χ2v) is 3.98. The van der Waals surface area contributed by atoms with Gasteiger partial charge in [0.2, 0.25) is 5.69 Å². The number of aromatic nitrogens is 2. The summed E-state index contributed by atoms with van der Waals surface area (Å²) in [4.78, 5) is 9.00. The molecule has 0 saturated heterocycles. The zero-order valence-electron chi connectivity index (χ0n) is 9.12. The molecule has 2 aromatic rings. The van der Waals surface area contributed by atoms with Crippen LogP contribution in [0.4, 0.5) is 0 Å². The zero-order valence-corrected chi connectivity index (χ0v) is 9.94. The van der Waals surface area contributed by atoms with Crippen molar-refractivity contribution in [3.63, 3.8) is 0 Å². The van der Waals surface area contributed by atoms with Gasteiger partial charge in [0.05, 0.1) is 0 Å². The molecule has 17 heavy (non-hydrogen) atoms. The molecule has 84 valence electrons. The Labute approximate surface area is 103 Å². The van der Waals surface area contributed by atoms with Gasteiger partial charge >= 0.3 is 0 Å². The fourth-order valence-electron chi connectivity index (χ4n) is 1.23. The lowest BCUT2D eigenvalue weighted by Crippen LogP contribution is -1.93. The minimum Gasteiger partial charge on any atom is -0.436 e. The smallest absolute Gasteiger partial charge is 0.256 e. The normalized spacial score (nSPS) is 9.65. The van der Waals surface area contributed by atoms with E-state index in [1.807, 2.05) is 36.6 Å². The van der Waals surface area contributed by atoms with Crippen molar-refractivity contribution in [1.29, 1.82) is 5.26 Å². The quantitative estimate of drug-likeness (QED) is 0.776. The third-order valence-corrected chi connectivity index (χ3v) is 2.79. The molecule has 1 heterocycles. The van der Waals surface area contributed by atoms with Crippen LogP contribution in [0.15, 0.2) is 41.6 Å². The molecular formula is C12H9N3OS. The Kier molecular flexibility index (Phi) is 3.58. The number of ether oxygens (including phenoxy) is 1. The summed E-state index contributed by atoms with van der Waals surface area (Å²) in [5.74, 6) is 0.867. The number of hydrogen-bond acceptors (Lipinski definition) is 5. The van der Waals surface area contributed by atoms with E-state index in [2.05, 4.69) is 9.97 Å². The predicted octanol–water partition coefficient (Wildman–Crippen LogP) is 2.86. The van der Waals surface area contributed by atoms with Crippen LogP contribution in [0, 0.1) is 11.3 Å². The van der Waals surface area contributed by atoms with E-state index in [4.69, 9.17) is 10.00 Å². The Morgan fingerprint density at radius 1 is 1.18 bits per heavy atom. The van der Waals surface area contributed by atoms with Crippen LogP contribution in [0.2, 0.25) is 0 Å². The first-order valence-corrected chi connectivity index (χ1v) is 6.09. The zero-order chi connectivity index (χ0) is 12.1. The van der Waals surface area contributed by atoms with Crippen LogP contribution in [0.1, 0.15) is 5.69 Å². The van der Waals surface area contributed by atoms with Crippen LogP contribution in [-0.2, 0) is 0 Å². The Morgan fingerprint density at radius 2 is 1.88 bits per heavy atom. The molecule has 0 fully saturated rings. The van der Waals surface area contributed by atoms with Gasteiger partial charge in [-0.25, -0.2) is 9.97 Å². The van der Waals surface area contributed by atoms with Crippen LogP contribution < -0.4 is 4.74 Å². The van der Waals surface area contributed by atoms with E-state index in [-0.39, 0.29) is 11.6 Å². The van der Waals surface area contributed by atoms with Crippen molar-refractivity contribution in [3.8, 4) is 17.7 Å². The molecule has 1 aromatic carbocycles. The summed E-state index contributed by atoms with van der Waals surface area (Å²) in [6.45, 7) is 0. The van der Waals surface area contributed by atoms with Crippen molar-refractivity contribution in [2.24, 2.45) is 0 Å². The fraction of sp³-hybridized carbons (Fsp3) is 0.0833. The summed E-state index contributed by atoms with van der Waals surface area (Å²) in [5.41, 5.74) is 0.182. The van der Waals surface area contributed by atoms with Crippen LogP contribution >= 0.6 is 11.8 Å². The molecule has 4 nitrogen and oxygen atoms in total. The average Bonchev–Trinajstić information content (AvgIpc) is 2.40. The lowest BCUT2D eigenvalue weighted by Gasteiger charge is -2.05. The highest BCUT2D eigenvalue weighted by molar-refractivity contribution is 7.98. The lowest BCUT2D eigenvalue weighted by atomic mass is 10.3. The molecule has 0 unspecified atom stereocenters. The molecule has 5 heteroatoms. The maximum Gasteiger partial charge on any atom is 0.256 e. The largest absolute Gasteiger partial charge is 0.436 e. The number of nitrogens with zero attached hydrogens (tertiary/aromatic N) is 3. The van der Waals surface area contributed by atoms with Crippen molar-refractivity contribution in [2.45, 2.75) is 4.90 Å². The highest BCUT2D eigenvalue weighted by Crippen LogP contribution is 2.23. The molecule has 0 radical (unpaired) electrons. The first-order valence-electron chi connectivity index (χ1n) is 4.86. The monoisotopic (exact) mass is 243 g/mol. The minimum absolute atomic E-state index is 0.182. The molecule has 0 bridgehead atoms. The van der Waals surface area contributed by atoms with Crippen LogP contribution in [0.25, 0.3) is 0 Å². The third kappa shape index (κ3) is 2.74. The van der Waals surface area contributed by atoms with E-state index >= 15 is 0 Å². The molecule has 0 aliphatic carbocycles. The second kappa shape index (κ2) is 5.32. The van der Waals surface area contributed by atoms with Gasteiger partial charge in [0.15, 0.2) is 0 Å². The maximum atomic E-state index is 8.84. The van der Waals surface area contributed by atoms with Gasteiger partial charge in [-0.2, -0.15) is 5.26 Å². The van der Waals surface area contributed by atoms with Gasteiger partial charge in [-0.05, 0) is 30.5 Å². The first-order chi connectivity index (χ1) is 8.33. The summed E-state index contributed by atoms with van der Waals surface area (Å²) < 4.78 is 5.49. The lowest BCUT2D eigenvalue weighted by molar-refractivity contribution is 0.457. The Balaban J connectivity index is 2.23. The Morgan fingerprint density at radius 3 is 2.53 bits per heavy atom. The highest BCUT2D eigenvalue weighted by atomic mass is 32.2. The summed E-state index contributed by atoms with van der Waals surface area (Å²) in [7, 11) is 0. The van der Waals surface area contributed by atoms with Crippen molar-refractivity contribution < 1.29 is 4.74 Å². The van der Waals surface area contributed by atoms with E-state index < -0.39 is 0 Å². The highest BCUT2D eigenvalue weighted by Gasteiger charge is 2.06. The van der Waals surface area contributed by atoms with E-state index in [9.17, 15) is 0 Å². The van der Waals surface area contributed by atoms with Crippen molar-refractivity contribution in [2.75, 3.05) is 6.26 Å². The summed E-state index contributed by atoms with van der Waals surface area (Å²) >= 11 is 1.66. The van der Waals surface area contributed by atoms with E-state index in [1.54, 1.807) is 11.8 Å². The van der Waals surface area contributed by atoms with E-state index in [1.165, 1.54) is 12.4 Å². The van der Waals surface area contributed by atoms with Gasteiger partial charge in [-0.15, -0.1) is 11.8 Å². The molecule has 0 amide bonds. The number of rotatable bonds is 3. The molecule has 0 aliphatic heterocycles.